The zero-order valence-electron chi connectivity index (χ0n) is 12.1. The Kier molecular flexibility index (Phi) is 2.84. The molecule has 0 unspecified atom stereocenters. The van der Waals surface area contributed by atoms with E-state index >= 15 is 0 Å². The van der Waals surface area contributed by atoms with Crippen molar-refractivity contribution in [3.05, 3.63) is 60.3 Å². The van der Waals surface area contributed by atoms with Crippen LogP contribution in [0.2, 0.25) is 0 Å². The minimum absolute atomic E-state index is 0.658. The summed E-state index contributed by atoms with van der Waals surface area (Å²) in [4.78, 5) is 8.15. The number of hydrogen-bond acceptors (Lipinski definition) is 3. The fourth-order valence-electron chi connectivity index (χ4n) is 3.00. The molecule has 0 amide bonds. The van der Waals surface area contributed by atoms with Gasteiger partial charge in [-0.2, -0.15) is 0 Å². The highest BCUT2D eigenvalue weighted by molar-refractivity contribution is 6.00. The quantitative estimate of drug-likeness (QED) is 0.476. The second-order valence-corrected chi connectivity index (χ2v) is 5.35. The van der Waals surface area contributed by atoms with Crippen molar-refractivity contribution in [2.45, 2.75) is 6.92 Å². The van der Waals surface area contributed by atoms with E-state index in [9.17, 15) is 5.21 Å². The van der Waals surface area contributed by atoms with E-state index in [1.165, 1.54) is 0 Å². The van der Waals surface area contributed by atoms with Gasteiger partial charge < -0.3 is 4.98 Å². The van der Waals surface area contributed by atoms with E-state index in [4.69, 9.17) is 4.98 Å². The van der Waals surface area contributed by atoms with Crippen LogP contribution in [0.25, 0.3) is 33.1 Å². The monoisotopic (exact) mass is 289 g/mol. The van der Waals surface area contributed by atoms with Crippen LogP contribution < -0.4 is 5.48 Å². The maximum atomic E-state index is 9.45. The first-order valence-corrected chi connectivity index (χ1v) is 7.15. The van der Waals surface area contributed by atoms with E-state index in [-0.39, 0.29) is 0 Å². The fourth-order valence-corrected chi connectivity index (χ4v) is 3.00. The number of benzene rings is 2. The normalized spacial score (nSPS) is 11.2. The van der Waals surface area contributed by atoms with Gasteiger partial charge in [-0.25, -0.2) is 4.98 Å². The molecule has 0 aliphatic rings. The summed E-state index contributed by atoms with van der Waals surface area (Å²) in [6.07, 6.45) is 0. The van der Waals surface area contributed by atoms with Gasteiger partial charge >= 0.3 is 0 Å². The Morgan fingerprint density at radius 3 is 2.55 bits per heavy atom. The Labute approximate surface area is 127 Å². The Morgan fingerprint density at radius 1 is 1.00 bits per heavy atom. The fraction of sp³-hybridized carbons (Fsp3) is 0.0556. The largest absolute Gasteiger partial charge is 0.358 e. The number of nitrogens with one attached hydrogen (secondary N) is 2. The molecule has 0 aliphatic heterocycles. The molecule has 0 saturated heterocycles. The van der Waals surface area contributed by atoms with Gasteiger partial charge in [-0.3, -0.25) is 10.7 Å². The summed E-state index contributed by atoms with van der Waals surface area (Å²) in [5, 5.41) is 11.5. The second kappa shape index (κ2) is 4.86. The lowest BCUT2D eigenvalue weighted by Gasteiger charge is -2.09. The number of aromatic amines is 1. The van der Waals surface area contributed by atoms with Gasteiger partial charge in [-0.1, -0.05) is 36.4 Å². The minimum atomic E-state index is 0.658. The SMILES string of the molecule is Cc1[nH]c2ccccc2c1-c1cc(NO)c2ccccc2n1. The van der Waals surface area contributed by atoms with Gasteiger partial charge in [0.1, 0.15) is 0 Å². The third-order valence-corrected chi connectivity index (χ3v) is 3.99. The smallest absolute Gasteiger partial charge is 0.0755 e. The molecule has 0 atom stereocenters. The molecule has 4 nitrogen and oxygen atoms in total. The van der Waals surface area contributed by atoms with E-state index in [0.29, 0.717) is 5.69 Å². The summed E-state index contributed by atoms with van der Waals surface area (Å²) in [6.45, 7) is 2.04. The molecule has 0 spiro atoms. The minimum Gasteiger partial charge on any atom is -0.358 e. The average Bonchev–Trinajstić information content (AvgIpc) is 2.89. The van der Waals surface area contributed by atoms with Crippen LogP contribution in [0.1, 0.15) is 5.69 Å². The summed E-state index contributed by atoms with van der Waals surface area (Å²) in [7, 11) is 0. The molecule has 4 aromatic rings. The number of anilines is 1. The van der Waals surface area contributed by atoms with Gasteiger partial charge in [0, 0.05) is 27.5 Å². The molecular weight excluding hydrogens is 274 g/mol. The Hall–Kier alpha value is -2.85. The van der Waals surface area contributed by atoms with Crippen molar-refractivity contribution in [1.29, 1.82) is 0 Å². The standard InChI is InChI=1S/C18H15N3O/c1-11-18(13-7-3-5-9-15(13)19-11)17-10-16(21-22)12-6-2-4-8-14(12)20-17/h2-10,19,22H,1H3,(H,20,21). The molecule has 3 N–H and O–H groups in total. The lowest BCUT2D eigenvalue weighted by molar-refractivity contribution is 0.390. The van der Waals surface area contributed by atoms with Crippen LogP contribution in [0.5, 0.6) is 0 Å². The van der Waals surface area contributed by atoms with Crippen LogP contribution in [0.3, 0.4) is 0 Å². The van der Waals surface area contributed by atoms with Gasteiger partial charge in [0.25, 0.3) is 0 Å². The number of nitrogens with zero attached hydrogens (tertiary/aromatic N) is 1. The van der Waals surface area contributed by atoms with Gasteiger partial charge in [0.05, 0.1) is 16.9 Å². The molecule has 4 rings (SSSR count). The molecule has 0 saturated carbocycles. The number of fused-ring (bicyclic) bond motifs is 2. The van der Waals surface area contributed by atoms with Crippen LogP contribution in [-0.4, -0.2) is 15.2 Å². The maximum Gasteiger partial charge on any atom is 0.0755 e. The third-order valence-electron chi connectivity index (χ3n) is 3.99. The first-order valence-electron chi connectivity index (χ1n) is 7.15. The first kappa shape index (κ1) is 12.9. The molecule has 2 aromatic carbocycles. The third kappa shape index (κ3) is 1.85. The van der Waals surface area contributed by atoms with Crippen molar-refractivity contribution in [1.82, 2.24) is 9.97 Å². The molecule has 22 heavy (non-hydrogen) atoms. The zero-order chi connectivity index (χ0) is 15.1. The molecule has 2 heterocycles. The van der Waals surface area contributed by atoms with Gasteiger partial charge in [-0.15, -0.1) is 0 Å². The van der Waals surface area contributed by atoms with Gasteiger partial charge in [-0.05, 0) is 25.1 Å². The molecular formula is C18H15N3O. The van der Waals surface area contributed by atoms with Crippen molar-refractivity contribution in [3.8, 4) is 11.3 Å². The molecule has 108 valence electrons. The number of H-pyrrole nitrogens is 1. The predicted molar refractivity (Wildman–Crippen MR) is 89.2 cm³/mol. The zero-order valence-corrected chi connectivity index (χ0v) is 12.1. The van der Waals surface area contributed by atoms with Gasteiger partial charge in [0.15, 0.2) is 0 Å². The van der Waals surface area contributed by atoms with Crippen molar-refractivity contribution >= 4 is 27.5 Å². The topological polar surface area (TPSA) is 60.9 Å². The van der Waals surface area contributed by atoms with E-state index in [1.54, 1.807) is 0 Å². The molecule has 2 aromatic heterocycles. The van der Waals surface area contributed by atoms with Crippen LogP contribution in [0, 0.1) is 6.92 Å². The van der Waals surface area contributed by atoms with Crippen LogP contribution in [0.15, 0.2) is 54.6 Å². The first-order chi connectivity index (χ1) is 10.8. The summed E-state index contributed by atoms with van der Waals surface area (Å²) in [6, 6.07) is 17.8. The van der Waals surface area contributed by atoms with E-state index in [2.05, 4.69) is 22.6 Å². The molecule has 0 bridgehead atoms. The number of hydrogen-bond donors (Lipinski definition) is 3. The number of aromatic nitrogens is 2. The van der Waals surface area contributed by atoms with E-state index < -0.39 is 0 Å². The van der Waals surface area contributed by atoms with E-state index in [0.717, 1.165) is 38.8 Å². The summed E-state index contributed by atoms with van der Waals surface area (Å²) in [5.41, 5.74) is 7.85. The summed E-state index contributed by atoms with van der Waals surface area (Å²) >= 11 is 0. The van der Waals surface area contributed by atoms with Crippen LogP contribution >= 0.6 is 0 Å². The molecule has 0 aliphatic carbocycles. The number of aryl methyl sites for hydroxylation is 1. The Morgan fingerprint density at radius 2 is 1.73 bits per heavy atom. The molecule has 4 heteroatoms. The van der Waals surface area contributed by atoms with Crippen LogP contribution in [-0.2, 0) is 0 Å². The number of para-hydroxylation sites is 2. The second-order valence-electron chi connectivity index (χ2n) is 5.35. The number of pyridine rings is 1. The summed E-state index contributed by atoms with van der Waals surface area (Å²) in [5.74, 6) is 0. The number of rotatable bonds is 2. The van der Waals surface area contributed by atoms with Crippen molar-refractivity contribution in [3.63, 3.8) is 0 Å². The predicted octanol–water partition coefficient (Wildman–Crippen LogP) is 4.49. The lowest BCUT2D eigenvalue weighted by Crippen LogP contribution is -1.95. The molecule has 0 radical (unpaired) electrons. The Balaban J connectivity index is 2.06. The summed E-state index contributed by atoms with van der Waals surface area (Å²) < 4.78 is 0. The molecule has 0 fully saturated rings. The highest BCUT2D eigenvalue weighted by Crippen LogP contribution is 2.34. The highest BCUT2D eigenvalue weighted by Gasteiger charge is 2.14. The lowest BCUT2D eigenvalue weighted by atomic mass is 10.0. The van der Waals surface area contributed by atoms with Crippen molar-refractivity contribution in [2.75, 3.05) is 5.48 Å². The maximum absolute atomic E-state index is 9.45. The van der Waals surface area contributed by atoms with E-state index in [1.807, 2.05) is 49.4 Å². The van der Waals surface area contributed by atoms with Crippen molar-refractivity contribution < 1.29 is 5.21 Å². The van der Waals surface area contributed by atoms with Gasteiger partial charge in [0.2, 0.25) is 0 Å². The van der Waals surface area contributed by atoms with Crippen molar-refractivity contribution in [2.24, 2.45) is 0 Å². The Bertz CT molecular complexity index is 988. The average molecular weight is 289 g/mol. The van der Waals surface area contributed by atoms with Crippen LogP contribution in [0.4, 0.5) is 5.69 Å². The highest BCUT2D eigenvalue weighted by atomic mass is 16.5.